The molecular weight excluding hydrogens is 1010 g/mol. The van der Waals surface area contributed by atoms with Crippen LogP contribution in [0.4, 0.5) is 11.5 Å². The van der Waals surface area contributed by atoms with E-state index < -0.39 is 29.7 Å². The fourth-order valence-electron chi connectivity index (χ4n) is 14.0. The Hall–Kier alpha value is -7.76. The number of rotatable bonds is 12. The highest BCUT2D eigenvalue weighted by Gasteiger charge is 2.59. The zero-order valence-electron chi connectivity index (χ0n) is 43.2. The Bertz CT molecular complexity index is 3380. The van der Waals surface area contributed by atoms with Gasteiger partial charge in [-0.05, 0) is 124 Å². The summed E-state index contributed by atoms with van der Waals surface area (Å²) in [7, 11) is 0. The lowest BCUT2D eigenvalue weighted by atomic mass is 9.51. The third-order valence-electron chi connectivity index (χ3n) is 17.3. The summed E-state index contributed by atoms with van der Waals surface area (Å²) in [6.45, 7) is 3.75. The number of hydrogen-bond donors (Lipinski definition) is 4. The molecule has 5 aromatic rings. The maximum absolute atomic E-state index is 13.8. The van der Waals surface area contributed by atoms with E-state index in [0.29, 0.717) is 61.8 Å². The molecule has 400 valence electrons. The third-order valence-corrected chi connectivity index (χ3v) is 18.1. The first kappa shape index (κ1) is 49.8. The first-order chi connectivity index (χ1) is 37.9. The van der Waals surface area contributed by atoms with Gasteiger partial charge in [-0.3, -0.25) is 49.0 Å². The van der Waals surface area contributed by atoms with Crippen LogP contribution >= 0.6 is 11.3 Å². The molecule has 20 heteroatoms. The lowest BCUT2D eigenvalue weighted by Gasteiger charge is -2.60. The fraction of sp³-hybridized carbons (Fsp3) is 0.448. The number of amides is 6. The molecule has 78 heavy (non-hydrogen) atoms. The van der Waals surface area contributed by atoms with Crippen molar-refractivity contribution in [3.8, 4) is 11.8 Å². The van der Waals surface area contributed by atoms with Crippen molar-refractivity contribution in [3.63, 3.8) is 0 Å². The smallest absolute Gasteiger partial charge is 0.274 e. The number of ether oxygens (including phenoxy) is 1. The summed E-state index contributed by atoms with van der Waals surface area (Å²) in [5, 5.41) is 16.5. The summed E-state index contributed by atoms with van der Waals surface area (Å²) >= 11 is 1.58. The van der Waals surface area contributed by atoms with Crippen LogP contribution in [0, 0.1) is 29.6 Å². The number of imide groups is 2. The van der Waals surface area contributed by atoms with E-state index in [-0.39, 0.29) is 58.9 Å². The Kier molecular flexibility index (Phi) is 12.9. The van der Waals surface area contributed by atoms with Crippen LogP contribution in [-0.4, -0.2) is 121 Å². The number of carbonyl (C=O) groups is 6. The molecule has 4 saturated carbocycles. The average Bonchev–Trinajstić information content (AvgIpc) is 4.27. The molecule has 0 radical (unpaired) electrons. The van der Waals surface area contributed by atoms with Crippen molar-refractivity contribution in [2.45, 2.75) is 113 Å². The van der Waals surface area contributed by atoms with Crippen molar-refractivity contribution >= 4 is 80.5 Å². The van der Waals surface area contributed by atoms with E-state index in [2.05, 4.69) is 54.2 Å². The number of piperidine rings is 3. The minimum Gasteiger partial charge on any atom is -0.380 e. The Balaban J connectivity index is 0.544. The molecule has 3 unspecified atom stereocenters. The highest BCUT2D eigenvalue weighted by molar-refractivity contribution is 7.16. The molecule has 8 fully saturated rings. The molecule has 3 atom stereocenters. The second-order valence-electron chi connectivity index (χ2n) is 22.5. The standard InChI is InChI=1S/C58H60N12O7S/c71-49-12-10-46(52(73)64-49)70-54(75)42-5-3-6-44(50(42)55(70)76)59-30-39-31-62-69(32-39)41-15-19-68(20-16-41)53(74)40-13-17-67(18-14-40)48-11-8-35(29-60-48)4-1-2-21-77-58-27-37-22-38(28-58)26-57(25-37,33-58)66-56-63-45(51(72)65-56)23-36-7-9-43-47(24-36)78-34-61-43/h3,5-9,11,23-24,29,31-32,34,37-38,40-41,46,59H,2,10,12-22,25-28,30,33H2,(H,64,71,73)(H2,63,65,66,72)/b45-23-. The third kappa shape index (κ3) is 9.71. The number of likely N-dealkylation sites (tertiary alicyclic amines) is 1. The second-order valence-corrected chi connectivity index (χ2v) is 23.4. The van der Waals surface area contributed by atoms with Gasteiger partial charge in [-0.25, -0.2) is 15.0 Å². The van der Waals surface area contributed by atoms with Crippen molar-refractivity contribution < 1.29 is 33.5 Å². The van der Waals surface area contributed by atoms with Crippen LogP contribution in [-0.2, 0) is 30.5 Å². The number of guanidine groups is 1. The zero-order chi connectivity index (χ0) is 53.1. The quantitative estimate of drug-likeness (QED) is 0.0492. The Morgan fingerprint density at radius 1 is 0.897 bits per heavy atom. The highest BCUT2D eigenvalue weighted by atomic mass is 32.1. The summed E-state index contributed by atoms with van der Waals surface area (Å²) in [6.07, 6.45) is 17.6. The Morgan fingerprint density at radius 3 is 2.53 bits per heavy atom. The number of carbonyl (C=O) groups excluding carboxylic acids is 6. The van der Waals surface area contributed by atoms with Gasteiger partial charge in [-0.15, -0.1) is 11.3 Å². The predicted molar refractivity (Wildman–Crippen MR) is 291 cm³/mol. The van der Waals surface area contributed by atoms with E-state index in [9.17, 15) is 28.8 Å². The fourth-order valence-corrected chi connectivity index (χ4v) is 14.7. The van der Waals surface area contributed by atoms with Gasteiger partial charge in [-0.1, -0.05) is 24.0 Å². The van der Waals surface area contributed by atoms with E-state index in [4.69, 9.17) is 14.7 Å². The first-order valence-corrected chi connectivity index (χ1v) is 28.3. The van der Waals surface area contributed by atoms with Gasteiger partial charge >= 0.3 is 0 Å². The molecule has 19 nitrogen and oxygen atoms in total. The molecular formula is C58H60N12O7S. The minimum absolute atomic E-state index is 0.0260. The van der Waals surface area contributed by atoms with E-state index in [1.54, 1.807) is 35.7 Å². The van der Waals surface area contributed by atoms with Crippen LogP contribution in [0.2, 0.25) is 0 Å². The number of aromatic nitrogens is 4. The van der Waals surface area contributed by atoms with E-state index >= 15 is 0 Å². The summed E-state index contributed by atoms with van der Waals surface area (Å²) in [4.78, 5) is 97.5. The molecule has 4 saturated heterocycles. The summed E-state index contributed by atoms with van der Waals surface area (Å²) < 4.78 is 9.82. The van der Waals surface area contributed by atoms with Gasteiger partial charge in [0.2, 0.25) is 23.7 Å². The van der Waals surface area contributed by atoms with Crippen LogP contribution in [0.1, 0.15) is 127 Å². The van der Waals surface area contributed by atoms with Crippen molar-refractivity contribution in [3.05, 3.63) is 106 Å². The number of fused-ring (bicyclic) bond motifs is 2. The van der Waals surface area contributed by atoms with Crippen LogP contribution in [0.15, 0.2) is 83.3 Å². The van der Waals surface area contributed by atoms with Gasteiger partial charge in [0.1, 0.15) is 17.6 Å². The molecule has 4 aliphatic carbocycles. The maximum Gasteiger partial charge on any atom is 0.274 e. The van der Waals surface area contributed by atoms with Crippen molar-refractivity contribution in [2.24, 2.45) is 22.7 Å². The summed E-state index contributed by atoms with van der Waals surface area (Å²) in [5.74, 6) is 7.02. The zero-order valence-corrected chi connectivity index (χ0v) is 44.0. The SMILES string of the molecule is O=C1CCC(N2C(=O)c3cccc(NCc4cnn(C5CCN(C(=O)C6CCN(c7ccc(C#CCCOC89CC%10CC(CC(N=C%11NC(=O)/C(=C/c%12ccc%13ncsc%13c%12)N%11)(C%10)C8)C9)cn7)CC6)CC5)c4)c3C2=O)C(=O)N1. The highest BCUT2D eigenvalue weighted by Crippen LogP contribution is 2.60. The van der Waals surface area contributed by atoms with Gasteiger partial charge in [0.25, 0.3) is 17.7 Å². The number of hydrogen-bond acceptors (Lipinski definition) is 14. The average molecular weight is 1070 g/mol. The van der Waals surface area contributed by atoms with Crippen LogP contribution in [0.3, 0.4) is 0 Å². The molecule has 2 aromatic carbocycles. The Morgan fingerprint density at radius 2 is 1.73 bits per heavy atom. The van der Waals surface area contributed by atoms with Crippen molar-refractivity contribution in [2.75, 3.05) is 43.0 Å². The molecule has 6 amide bonds. The normalized spacial score (nSPS) is 27.1. The largest absolute Gasteiger partial charge is 0.380 e. The molecule has 9 aliphatic rings. The van der Waals surface area contributed by atoms with E-state index in [0.717, 1.165) is 109 Å². The lowest BCUT2D eigenvalue weighted by Crippen LogP contribution is -2.60. The number of anilines is 2. The number of thiazole rings is 1. The monoisotopic (exact) mass is 1070 g/mol. The second kappa shape index (κ2) is 20.2. The molecule has 8 heterocycles. The number of pyridine rings is 1. The predicted octanol–water partition coefficient (Wildman–Crippen LogP) is 5.95. The van der Waals surface area contributed by atoms with Crippen LogP contribution in [0.5, 0.6) is 0 Å². The molecule has 14 rings (SSSR count). The first-order valence-electron chi connectivity index (χ1n) is 27.4. The number of benzene rings is 2. The van der Waals surface area contributed by atoms with E-state index in [1.165, 1.54) is 6.42 Å². The van der Waals surface area contributed by atoms with Crippen LogP contribution in [0.25, 0.3) is 16.3 Å². The van der Waals surface area contributed by atoms with Crippen molar-refractivity contribution in [1.29, 1.82) is 0 Å². The number of nitrogens with one attached hydrogen (secondary N) is 4. The number of nitrogens with zero attached hydrogens (tertiary/aromatic N) is 8. The molecule has 5 aliphatic heterocycles. The van der Waals surface area contributed by atoms with Gasteiger partial charge in [0, 0.05) is 87.1 Å². The minimum atomic E-state index is -1.03. The number of aliphatic imine (C=N–C) groups is 1. The van der Waals surface area contributed by atoms with Crippen LogP contribution < -0.4 is 26.2 Å². The van der Waals surface area contributed by atoms with Gasteiger partial charge in [0.15, 0.2) is 0 Å². The van der Waals surface area contributed by atoms with Gasteiger partial charge < -0.3 is 25.2 Å². The summed E-state index contributed by atoms with van der Waals surface area (Å²) in [6, 6.07) is 14.2. The summed E-state index contributed by atoms with van der Waals surface area (Å²) in [5.41, 5.74) is 6.42. The van der Waals surface area contributed by atoms with Gasteiger partial charge in [0.05, 0.1) is 56.8 Å². The Labute approximate surface area is 454 Å². The lowest BCUT2D eigenvalue weighted by molar-refractivity contribution is -0.167. The van der Waals surface area contributed by atoms with Crippen molar-refractivity contribution in [1.82, 2.24) is 45.5 Å². The molecule has 0 spiro atoms. The van der Waals surface area contributed by atoms with E-state index in [1.807, 2.05) is 57.8 Å². The van der Waals surface area contributed by atoms with Gasteiger partial charge in [-0.2, -0.15) is 5.10 Å². The topological polar surface area (TPSA) is 225 Å². The maximum atomic E-state index is 13.8. The molecule has 3 aromatic heterocycles. The molecule has 4 bridgehead atoms. The molecule has 4 N–H and O–H groups in total.